The standard InChI is InChI=1S/C54H40/c1-31(2)33-21-23-41-49(29-33)53(43-17-9-5-13-35(43)36-14-6-10-18-44(36)53)47-27-25-40-39(51(41)47)26-28-48-52(40)42-24-22-34(32(3)4)30-50(42)54(48)45-19-11-7-15-37(45)38-16-8-12-20-46(38)54/h5-32H,1-4H3. The van der Waals surface area contributed by atoms with Crippen LogP contribution in [0, 0.1) is 0 Å². The van der Waals surface area contributed by atoms with E-state index in [1.807, 2.05) is 0 Å². The van der Waals surface area contributed by atoms with Crippen LogP contribution in [0.1, 0.15) is 95.2 Å². The molecule has 0 heteroatoms. The maximum Gasteiger partial charge on any atom is 0.0725 e. The lowest BCUT2D eigenvalue weighted by atomic mass is 9.69. The lowest BCUT2D eigenvalue weighted by molar-refractivity contribution is 0.784. The quantitative estimate of drug-likeness (QED) is 0.170. The van der Waals surface area contributed by atoms with Crippen LogP contribution in [-0.2, 0) is 10.8 Å². The largest absolute Gasteiger partial charge is 0.0725 e. The summed E-state index contributed by atoms with van der Waals surface area (Å²) in [4.78, 5) is 0. The zero-order valence-corrected chi connectivity index (χ0v) is 31.2. The minimum Gasteiger partial charge on any atom is -0.0619 e. The van der Waals surface area contributed by atoms with Crippen molar-refractivity contribution in [3.05, 3.63) is 213 Å². The molecule has 0 saturated carbocycles. The monoisotopic (exact) mass is 688 g/mol. The minimum absolute atomic E-state index is 0.370. The summed E-state index contributed by atoms with van der Waals surface area (Å²) >= 11 is 0. The summed E-state index contributed by atoms with van der Waals surface area (Å²) in [5.41, 5.74) is 24.2. The highest BCUT2D eigenvalue weighted by Gasteiger charge is 2.54. The second kappa shape index (κ2) is 10.4. The summed E-state index contributed by atoms with van der Waals surface area (Å²) in [5.74, 6) is 0.868. The van der Waals surface area contributed by atoms with Crippen LogP contribution in [0.3, 0.4) is 0 Å². The van der Waals surface area contributed by atoms with Gasteiger partial charge < -0.3 is 0 Å². The van der Waals surface area contributed by atoms with Crippen LogP contribution in [0.4, 0.5) is 0 Å². The molecule has 4 aliphatic rings. The number of benzene rings is 8. The number of fused-ring (bicyclic) bond motifs is 23. The van der Waals surface area contributed by atoms with Crippen LogP contribution in [0.5, 0.6) is 0 Å². The first-order valence-electron chi connectivity index (χ1n) is 19.7. The van der Waals surface area contributed by atoms with Crippen LogP contribution < -0.4 is 0 Å². The van der Waals surface area contributed by atoms with Crippen LogP contribution in [-0.4, -0.2) is 0 Å². The van der Waals surface area contributed by atoms with E-state index in [1.54, 1.807) is 0 Å². The first-order chi connectivity index (χ1) is 26.5. The third-order valence-corrected chi connectivity index (χ3v) is 13.7. The van der Waals surface area contributed by atoms with Crippen molar-refractivity contribution in [1.82, 2.24) is 0 Å². The molecule has 0 bridgehead atoms. The highest BCUT2D eigenvalue weighted by atomic mass is 14.6. The molecule has 0 heterocycles. The molecule has 0 N–H and O–H groups in total. The third kappa shape index (κ3) is 3.38. The Labute approximate surface area is 317 Å². The van der Waals surface area contributed by atoms with Crippen molar-refractivity contribution in [2.75, 3.05) is 0 Å². The zero-order valence-electron chi connectivity index (χ0n) is 31.2. The van der Waals surface area contributed by atoms with Gasteiger partial charge >= 0.3 is 0 Å². The highest BCUT2D eigenvalue weighted by Crippen LogP contribution is 2.67. The van der Waals surface area contributed by atoms with E-state index in [0.717, 1.165) is 0 Å². The summed E-state index contributed by atoms with van der Waals surface area (Å²) in [6.07, 6.45) is 0. The lowest BCUT2D eigenvalue weighted by Crippen LogP contribution is -2.26. The summed E-state index contributed by atoms with van der Waals surface area (Å²) in [5, 5.41) is 2.69. The molecule has 8 aromatic rings. The first kappa shape index (κ1) is 30.5. The minimum atomic E-state index is -0.370. The second-order valence-corrected chi connectivity index (χ2v) is 16.7. The highest BCUT2D eigenvalue weighted by molar-refractivity contribution is 6.13. The van der Waals surface area contributed by atoms with Gasteiger partial charge in [0.15, 0.2) is 0 Å². The van der Waals surface area contributed by atoms with E-state index in [9.17, 15) is 0 Å². The van der Waals surface area contributed by atoms with Crippen LogP contribution in [0.2, 0.25) is 0 Å². The van der Waals surface area contributed by atoms with E-state index in [2.05, 4.69) is 185 Å². The molecule has 0 amide bonds. The van der Waals surface area contributed by atoms with Crippen molar-refractivity contribution in [3.63, 3.8) is 0 Å². The number of hydrogen-bond acceptors (Lipinski definition) is 0. The molecule has 2 spiro atoms. The molecule has 0 nitrogen and oxygen atoms in total. The fourth-order valence-electron chi connectivity index (χ4n) is 11.4. The maximum absolute atomic E-state index is 2.54. The average Bonchev–Trinajstić information content (AvgIpc) is 3.89. The molecule has 54 heavy (non-hydrogen) atoms. The van der Waals surface area contributed by atoms with Gasteiger partial charge in [0.05, 0.1) is 10.8 Å². The molecule has 0 aromatic heterocycles. The SMILES string of the molecule is CC(C)c1ccc2c(c1)C1(c3ccccc3-c3ccccc31)c1ccc3c4c(ccc3c1-2)C1(c2ccccc2-c2ccccc21)c1cc(C(C)C)ccc1-4. The fraction of sp³-hybridized carbons (Fsp3) is 0.148. The number of hydrogen-bond donors (Lipinski definition) is 0. The van der Waals surface area contributed by atoms with Crippen molar-refractivity contribution >= 4 is 10.8 Å². The Morgan fingerprint density at radius 1 is 0.296 bits per heavy atom. The van der Waals surface area contributed by atoms with Crippen molar-refractivity contribution in [2.45, 2.75) is 50.4 Å². The van der Waals surface area contributed by atoms with Gasteiger partial charge in [0.25, 0.3) is 0 Å². The predicted molar refractivity (Wildman–Crippen MR) is 225 cm³/mol. The van der Waals surface area contributed by atoms with Crippen LogP contribution in [0.25, 0.3) is 55.3 Å². The molecule has 12 rings (SSSR count). The molecule has 0 atom stereocenters. The van der Waals surface area contributed by atoms with Crippen LogP contribution >= 0.6 is 0 Å². The third-order valence-electron chi connectivity index (χ3n) is 13.7. The van der Waals surface area contributed by atoms with Crippen molar-refractivity contribution in [1.29, 1.82) is 0 Å². The van der Waals surface area contributed by atoms with E-state index >= 15 is 0 Å². The molecule has 8 aromatic carbocycles. The second-order valence-electron chi connectivity index (χ2n) is 16.7. The average molecular weight is 689 g/mol. The smallest absolute Gasteiger partial charge is 0.0619 e. The normalized spacial score (nSPS) is 15.3. The molecule has 0 fully saturated rings. The molecule has 4 aliphatic carbocycles. The Bertz CT molecular complexity index is 2660. The number of rotatable bonds is 2. The summed E-state index contributed by atoms with van der Waals surface area (Å²) < 4.78 is 0. The van der Waals surface area contributed by atoms with Gasteiger partial charge in [-0.3, -0.25) is 0 Å². The predicted octanol–water partition coefficient (Wildman–Crippen LogP) is 13.8. The molecule has 256 valence electrons. The maximum atomic E-state index is 2.54. The Morgan fingerprint density at radius 3 is 0.963 bits per heavy atom. The fourth-order valence-corrected chi connectivity index (χ4v) is 11.4. The molecule has 0 radical (unpaired) electrons. The van der Waals surface area contributed by atoms with E-state index in [-0.39, 0.29) is 10.8 Å². The van der Waals surface area contributed by atoms with Gasteiger partial charge in [0, 0.05) is 0 Å². The van der Waals surface area contributed by atoms with Gasteiger partial charge in [-0.2, -0.15) is 0 Å². The van der Waals surface area contributed by atoms with Gasteiger partial charge in [0.1, 0.15) is 0 Å². The summed E-state index contributed by atoms with van der Waals surface area (Å²) in [7, 11) is 0. The van der Waals surface area contributed by atoms with Crippen molar-refractivity contribution < 1.29 is 0 Å². The van der Waals surface area contributed by atoms with E-state index in [4.69, 9.17) is 0 Å². The Kier molecular flexibility index (Phi) is 5.85. The molecule has 0 saturated heterocycles. The Hall–Kier alpha value is -5.98. The van der Waals surface area contributed by atoms with Crippen molar-refractivity contribution in [3.8, 4) is 44.5 Å². The van der Waals surface area contributed by atoms with E-state index in [1.165, 1.54) is 111 Å². The molecule has 0 aliphatic heterocycles. The Morgan fingerprint density at radius 2 is 0.630 bits per heavy atom. The summed E-state index contributed by atoms with van der Waals surface area (Å²) in [6.45, 7) is 9.29. The van der Waals surface area contributed by atoms with Crippen molar-refractivity contribution in [2.24, 2.45) is 0 Å². The van der Waals surface area contributed by atoms with Gasteiger partial charge in [0.2, 0.25) is 0 Å². The topological polar surface area (TPSA) is 0 Å². The van der Waals surface area contributed by atoms with Gasteiger partial charge in [-0.25, -0.2) is 0 Å². The van der Waals surface area contributed by atoms with Gasteiger partial charge in [-0.1, -0.05) is 185 Å². The Balaban J connectivity index is 1.23. The van der Waals surface area contributed by atoms with E-state index in [0.29, 0.717) is 11.8 Å². The van der Waals surface area contributed by atoms with E-state index < -0.39 is 0 Å². The summed E-state index contributed by atoms with van der Waals surface area (Å²) in [6, 6.07) is 61.4. The van der Waals surface area contributed by atoms with Crippen LogP contribution in [0.15, 0.2) is 158 Å². The lowest BCUT2D eigenvalue weighted by Gasteiger charge is -2.31. The first-order valence-corrected chi connectivity index (χ1v) is 19.7. The molecular formula is C54H40. The molecule has 0 unspecified atom stereocenters. The molecular weight excluding hydrogens is 649 g/mol. The van der Waals surface area contributed by atoms with Gasteiger partial charge in [-0.15, -0.1) is 0 Å². The van der Waals surface area contributed by atoms with Gasteiger partial charge in [-0.05, 0) is 123 Å². The zero-order chi connectivity index (χ0) is 36.1.